The Morgan fingerprint density at radius 2 is 1.81 bits per heavy atom. The van der Waals surface area contributed by atoms with Crippen LogP contribution in [-0.4, -0.2) is 20.2 Å². The van der Waals surface area contributed by atoms with E-state index in [0.717, 1.165) is 5.69 Å². The quantitative estimate of drug-likeness (QED) is 0.703. The zero-order valence-electron chi connectivity index (χ0n) is 14.8. The number of rotatable bonds is 6. The first kappa shape index (κ1) is 18.0. The van der Waals surface area contributed by atoms with Crippen LogP contribution in [0.15, 0.2) is 57.9 Å². The van der Waals surface area contributed by atoms with Crippen molar-refractivity contribution < 1.29 is 17.7 Å². The Kier molecular flexibility index (Phi) is 4.99. The first-order valence-corrected chi connectivity index (χ1v) is 9.67. The predicted octanol–water partition coefficient (Wildman–Crippen LogP) is 4.16. The van der Waals surface area contributed by atoms with E-state index in [9.17, 15) is 8.42 Å². The molecule has 7 heteroatoms. The molecule has 1 aromatic heterocycles. The monoisotopic (exact) mass is 372 g/mol. The molecule has 2 aromatic carbocycles. The molecule has 0 atom stereocenters. The van der Waals surface area contributed by atoms with Gasteiger partial charge >= 0.3 is 0 Å². The topological polar surface area (TPSA) is 81.4 Å². The molecule has 0 radical (unpaired) electrons. The number of benzene rings is 2. The largest absolute Gasteiger partial charge is 0.494 e. The molecule has 0 saturated heterocycles. The summed E-state index contributed by atoms with van der Waals surface area (Å²) in [6.45, 7) is 6.01. The van der Waals surface area contributed by atoms with Crippen LogP contribution < -0.4 is 9.46 Å². The van der Waals surface area contributed by atoms with Gasteiger partial charge in [0.1, 0.15) is 5.75 Å². The first-order chi connectivity index (χ1) is 12.4. The average Bonchev–Trinajstić information content (AvgIpc) is 3.03. The number of aryl methyl sites for hydroxylation is 2. The minimum atomic E-state index is -3.75. The molecule has 0 aliphatic carbocycles. The van der Waals surface area contributed by atoms with Gasteiger partial charge in [0, 0.05) is 17.3 Å². The number of aromatic nitrogens is 1. The summed E-state index contributed by atoms with van der Waals surface area (Å²) in [4.78, 5) is 0.193. The fraction of sp³-hybridized carbons (Fsp3) is 0.211. The summed E-state index contributed by atoms with van der Waals surface area (Å²) in [5.41, 5.74) is 2.50. The van der Waals surface area contributed by atoms with Crippen LogP contribution in [0.2, 0.25) is 0 Å². The number of ether oxygens (including phenoxy) is 1. The Morgan fingerprint density at radius 1 is 1.08 bits per heavy atom. The van der Waals surface area contributed by atoms with E-state index in [4.69, 9.17) is 9.26 Å². The van der Waals surface area contributed by atoms with Gasteiger partial charge < -0.3 is 9.26 Å². The van der Waals surface area contributed by atoms with Crippen LogP contribution in [0.4, 0.5) is 5.69 Å². The molecule has 0 saturated carbocycles. The van der Waals surface area contributed by atoms with Crippen molar-refractivity contribution in [3.8, 4) is 17.1 Å². The van der Waals surface area contributed by atoms with E-state index < -0.39 is 10.0 Å². The summed E-state index contributed by atoms with van der Waals surface area (Å²) in [6.07, 6.45) is 0. The lowest BCUT2D eigenvalue weighted by atomic mass is 10.1. The number of sulfonamides is 1. The van der Waals surface area contributed by atoms with Crippen molar-refractivity contribution in [1.29, 1.82) is 0 Å². The molecule has 6 nitrogen and oxygen atoms in total. The third-order valence-corrected chi connectivity index (χ3v) is 5.33. The highest BCUT2D eigenvalue weighted by Crippen LogP contribution is 2.27. The van der Waals surface area contributed by atoms with Gasteiger partial charge in [-0.2, -0.15) is 0 Å². The van der Waals surface area contributed by atoms with Gasteiger partial charge in [0.05, 0.1) is 17.2 Å². The van der Waals surface area contributed by atoms with Crippen LogP contribution in [-0.2, 0) is 10.0 Å². The molecule has 1 heterocycles. The maximum Gasteiger partial charge on any atom is 0.262 e. The lowest BCUT2D eigenvalue weighted by molar-refractivity contribution is 0.340. The van der Waals surface area contributed by atoms with E-state index in [1.54, 1.807) is 49.4 Å². The molecule has 3 aromatic rings. The molecular weight excluding hydrogens is 352 g/mol. The second-order valence-electron chi connectivity index (χ2n) is 5.88. The molecule has 0 bridgehead atoms. The lowest BCUT2D eigenvalue weighted by Crippen LogP contribution is -2.14. The van der Waals surface area contributed by atoms with Crippen molar-refractivity contribution in [2.75, 3.05) is 11.3 Å². The van der Waals surface area contributed by atoms with Gasteiger partial charge in [0.15, 0.2) is 5.76 Å². The van der Waals surface area contributed by atoms with Crippen LogP contribution in [0.1, 0.15) is 18.2 Å². The van der Waals surface area contributed by atoms with Gasteiger partial charge in [0.25, 0.3) is 10.0 Å². The number of hydrogen-bond acceptors (Lipinski definition) is 5. The number of nitrogens with zero attached hydrogens (tertiary/aromatic N) is 1. The van der Waals surface area contributed by atoms with Gasteiger partial charge in [-0.05, 0) is 56.7 Å². The minimum absolute atomic E-state index is 0.193. The number of anilines is 1. The van der Waals surface area contributed by atoms with Crippen molar-refractivity contribution in [2.45, 2.75) is 25.7 Å². The summed E-state index contributed by atoms with van der Waals surface area (Å²) >= 11 is 0. The van der Waals surface area contributed by atoms with E-state index in [1.165, 1.54) is 0 Å². The van der Waals surface area contributed by atoms with Gasteiger partial charge in [-0.3, -0.25) is 4.72 Å². The zero-order chi connectivity index (χ0) is 18.7. The van der Waals surface area contributed by atoms with E-state index in [2.05, 4.69) is 9.88 Å². The molecule has 0 aliphatic heterocycles. The van der Waals surface area contributed by atoms with E-state index >= 15 is 0 Å². The average molecular weight is 372 g/mol. The highest BCUT2D eigenvalue weighted by molar-refractivity contribution is 7.92. The first-order valence-electron chi connectivity index (χ1n) is 8.19. The second kappa shape index (κ2) is 7.21. The molecule has 1 N–H and O–H groups in total. The lowest BCUT2D eigenvalue weighted by Gasteiger charge is -2.12. The normalized spacial score (nSPS) is 11.3. The minimum Gasteiger partial charge on any atom is -0.494 e. The Balaban J connectivity index is 1.91. The summed E-state index contributed by atoms with van der Waals surface area (Å²) in [5.74, 6) is 1.22. The van der Waals surface area contributed by atoms with E-state index in [-0.39, 0.29) is 4.90 Å². The van der Waals surface area contributed by atoms with Crippen LogP contribution in [0.5, 0.6) is 5.75 Å². The third-order valence-electron chi connectivity index (χ3n) is 3.81. The highest BCUT2D eigenvalue weighted by Gasteiger charge is 2.19. The van der Waals surface area contributed by atoms with Gasteiger partial charge in [-0.1, -0.05) is 17.3 Å². The third kappa shape index (κ3) is 3.88. The number of hydrogen-bond donors (Lipinski definition) is 1. The Morgan fingerprint density at radius 3 is 2.42 bits per heavy atom. The van der Waals surface area contributed by atoms with Crippen molar-refractivity contribution in [3.63, 3.8) is 0 Å². The molecule has 3 rings (SSSR count). The van der Waals surface area contributed by atoms with Crippen molar-refractivity contribution in [2.24, 2.45) is 0 Å². The highest BCUT2D eigenvalue weighted by atomic mass is 32.2. The summed E-state index contributed by atoms with van der Waals surface area (Å²) < 4.78 is 38.9. The van der Waals surface area contributed by atoms with Crippen LogP contribution in [0.25, 0.3) is 11.3 Å². The molecular formula is C19H20N2O4S. The molecule has 0 aliphatic rings. The van der Waals surface area contributed by atoms with Crippen molar-refractivity contribution in [3.05, 3.63) is 59.8 Å². The summed E-state index contributed by atoms with van der Waals surface area (Å²) in [7, 11) is -3.75. The molecule has 0 fully saturated rings. The molecule has 26 heavy (non-hydrogen) atoms. The van der Waals surface area contributed by atoms with Crippen LogP contribution in [0, 0.1) is 13.8 Å². The molecule has 136 valence electrons. The Bertz CT molecular complexity index is 1010. The van der Waals surface area contributed by atoms with Gasteiger partial charge in [-0.15, -0.1) is 0 Å². The standard InChI is InChI=1S/C19H20N2O4S/c1-4-24-17-9-7-16(8-10-17)21-26(22,23)19-12-15(6-5-13(19)2)18-11-14(3)20-25-18/h5-12,21H,4H2,1-3H3. The molecule has 0 amide bonds. The van der Waals surface area contributed by atoms with Crippen molar-refractivity contribution >= 4 is 15.7 Å². The van der Waals surface area contributed by atoms with Crippen LogP contribution >= 0.6 is 0 Å². The van der Waals surface area contributed by atoms with Gasteiger partial charge in [0.2, 0.25) is 0 Å². The number of nitrogens with one attached hydrogen (secondary N) is 1. The molecule has 0 unspecified atom stereocenters. The van der Waals surface area contributed by atoms with Crippen molar-refractivity contribution in [1.82, 2.24) is 5.16 Å². The summed E-state index contributed by atoms with van der Waals surface area (Å²) in [5, 5.41) is 3.85. The van der Waals surface area contributed by atoms with Crippen LogP contribution in [0.3, 0.4) is 0 Å². The maximum atomic E-state index is 12.8. The predicted molar refractivity (Wildman–Crippen MR) is 99.8 cm³/mol. The van der Waals surface area contributed by atoms with E-state index in [1.807, 2.05) is 19.9 Å². The SMILES string of the molecule is CCOc1ccc(NS(=O)(=O)c2cc(-c3cc(C)no3)ccc2C)cc1. The Hall–Kier alpha value is -2.80. The smallest absolute Gasteiger partial charge is 0.262 e. The Labute approximate surface area is 152 Å². The second-order valence-corrected chi connectivity index (χ2v) is 7.53. The fourth-order valence-electron chi connectivity index (χ4n) is 2.54. The van der Waals surface area contributed by atoms with E-state index in [0.29, 0.717) is 34.9 Å². The molecule has 0 spiro atoms. The maximum absolute atomic E-state index is 12.8. The zero-order valence-corrected chi connectivity index (χ0v) is 15.6. The van der Waals surface area contributed by atoms with Gasteiger partial charge in [-0.25, -0.2) is 8.42 Å². The summed E-state index contributed by atoms with van der Waals surface area (Å²) in [6, 6.07) is 13.7. The fourth-order valence-corrected chi connectivity index (χ4v) is 3.87.